The summed E-state index contributed by atoms with van der Waals surface area (Å²) in [7, 11) is 1.70. The fraction of sp³-hybridized carbons (Fsp3) is 0.290. The standard InChI is InChI=1S/C31H34N2O2/c1-30(2,3)23-18-22(28(35-7)26(20-23)31(4,5)6)19-25-27(21-14-10-8-11-15-21)32-33(29(25)34)24-16-12-9-13-17-24/h8-20H,1-7H3. The average Bonchev–Trinajstić information content (AvgIpc) is 3.14. The van der Waals surface area contributed by atoms with E-state index in [2.05, 4.69) is 53.7 Å². The molecule has 1 aliphatic rings. The van der Waals surface area contributed by atoms with Gasteiger partial charge in [0.1, 0.15) is 11.5 Å². The summed E-state index contributed by atoms with van der Waals surface area (Å²) in [6.07, 6.45) is 1.94. The zero-order chi connectivity index (χ0) is 25.4. The van der Waals surface area contributed by atoms with E-state index in [9.17, 15) is 4.79 Å². The third-order valence-corrected chi connectivity index (χ3v) is 6.22. The molecule has 4 nitrogen and oxygen atoms in total. The van der Waals surface area contributed by atoms with Crippen molar-refractivity contribution in [3.05, 3.63) is 101 Å². The molecule has 0 fully saturated rings. The van der Waals surface area contributed by atoms with Gasteiger partial charge in [-0.05, 0) is 40.7 Å². The second kappa shape index (κ2) is 9.18. The minimum Gasteiger partial charge on any atom is -0.496 e. The number of rotatable bonds is 4. The molecule has 0 aromatic heterocycles. The van der Waals surface area contributed by atoms with Gasteiger partial charge in [0, 0.05) is 16.7 Å². The number of hydrogen-bond donors (Lipinski definition) is 0. The maximum Gasteiger partial charge on any atom is 0.281 e. The lowest BCUT2D eigenvalue weighted by atomic mass is 9.78. The van der Waals surface area contributed by atoms with Gasteiger partial charge in [0.15, 0.2) is 0 Å². The van der Waals surface area contributed by atoms with Crippen molar-refractivity contribution in [1.82, 2.24) is 0 Å². The Morgan fingerprint density at radius 3 is 1.97 bits per heavy atom. The number of anilines is 1. The molecule has 0 radical (unpaired) electrons. The van der Waals surface area contributed by atoms with Crippen molar-refractivity contribution in [3.63, 3.8) is 0 Å². The van der Waals surface area contributed by atoms with Crippen LogP contribution in [0.4, 0.5) is 5.69 Å². The average molecular weight is 467 g/mol. The van der Waals surface area contributed by atoms with Gasteiger partial charge in [-0.1, -0.05) is 96.1 Å². The molecule has 4 heteroatoms. The Morgan fingerprint density at radius 1 is 0.829 bits per heavy atom. The number of carbonyl (C=O) groups is 1. The van der Waals surface area contributed by atoms with E-state index in [-0.39, 0.29) is 16.7 Å². The van der Waals surface area contributed by atoms with Gasteiger partial charge in [0.25, 0.3) is 5.91 Å². The van der Waals surface area contributed by atoms with Crippen LogP contribution in [0.1, 0.15) is 63.8 Å². The van der Waals surface area contributed by atoms with Gasteiger partial charge in [-0.2, -0.15) is 10.1 Å². The maximum atomic E-state index is 13.8. The van der Waals surface area contributed by atoms with E-state index in [4.69, 9.17) is 9.84 Å². The summed E-state index contributed by atoms with van der Waals surface area (Å²) in [6.45, 7) is 13.2. The Morgan fingerprint density at radius 2 is 1.43 bits per heavy atom. The van der Waals surface area contributed by atoms with E-state index in [1.165, 1.54) is 10.6 Å². The van der Waals surface area contributed by atoms with Crippen molar-refractivity contribution in [1.29, 1.82) is 0 Å². The van der Waals surface area contributed by atoms with E-state index in [1.54, 1.807) is 7.11 Å². The molecule has 0 saturated carbocycles. The molecule has 0 aliphatic carbocycles. The van der Waals surface area contributed by atoms with Crippen molar-refractivity contribution in [2.24, 2.45) is 5.10 Å². The molecule has 180 valence electrons. The topological polar surface area (TPSA) is 41.9 Å². The summed E-state index contributed by atoms with van der Waals surface area (Å²) in [5.74, 6) is 0.631. The van der Waals surface area contributed by atoms with Gasteiger partial charge in [0.2, 0.25) is 0 Å². The first-order valence-electron chi connectivity index (χ1n) is 12.0. The van der Waals surface area contributed by atoms with Crippen LogP contribution < -0.4 is 9.75 Å². The van der Waals surface area contributed by atoms with Crippen LogP contribution in [0.5, 0.6) is 5.75 Å². The van der Waals surface area contributed by atoms with Gasteiger partial charge in [0.05, 0.1) is 18.4 Å². The molecule has 1 heterocycles. The highest BCUT2D eigenvalue weighted by Gasteiger charge is 2.33. The molecule has 3 aromatic rings. The molecule has 1 aliphatic heterocycles. The minimum absolute atomic E-state index is 0.0639. The predicted molar refractivity (Wildman–Crippen MR) is 145 cm³/mol. The Balaban J connectivity index is 1.96. The highest BCUT2D eigenvalue weighted by molar-refractivity contribution is 6.37. The fourth-order valence-corrected chi connectivity index (χ4v) is 4.23. The van der Waals surface area contributed by atoms with E-state index >= 15 is 0 Å². The molecule has 1 amide bonds. The van der Waals surface area contributed by atoms with Crippen LogP contribution in [-0.4, -0.2) is 18.7 Å². The van der Waals surface area contributed by atoms with Crippen LogP contribution in [-0.2, 0) is 15.6 Å². The molecule has 0 bridgehead atoms. The van der Waals surface area contributed by atoms with Crippen molar-refractivity contribution < 1.29 is 9.53 Å². The zero-order valence-electron chi connectivity index (χ0n) is 21.7. The van der Waals surface area contributed by atoms with Gasteiger partial charge >= 0.3 is 0 Å². The lowest BCUT2D eigenvalue weighted by Gasteiger charge is -2.28. The Labute approximate surface area is 208 Å². The van der Waals surface area contributed by atoms with Crippen molar-refractivity contribution in [3.8, 4) is 5.75 Å². The monoisotopic (exact) mass is 466 g/mol. The molecule has 3 aromatic carbocycles. The molecule has 35 heavy (non-hydrogen) atoms. The Bertz CT molecular complexity index is 1290. The second-order valence-corrected chi connectivity index (χ2v) is 11.0. The number of benzene rings is 3. The molecule has 4 rings (SSSR count). The van der Waals surface area contributed by atoms with Crippen LogP contribution in [0.25, 0.3) is 6.08 Å². The lowest BCUT2D eigenvalue weighted by Crippen LogP contribution is -2.21. The summed E-state index contributed by atoms with van der Waals surface area (Å²) in [5.41, 5.74) is 5.82. The highest BCUT2D eigenvalue weighted by atomic mass is 16.5. The van der Waals surface area contributed by atoms with E-state index in [0.29, 0.717) is 11.3 Å². The van der Waals surface area contributed by atoms with Gasteiger partial charge < -0.3 is 4.74 Å². The van der Waals surface area contributed by atoms with Crippen LogP contribution in [0, 0.1) is 0 Å². The molecule has 0 N–H and O–H groups in total. The van der Waals surface area contributed by atoms with Crippen LogP contribution >= 0.6 is 0 Å². The minimum atomic E-state index is -0.157. The van der Waals surface area contributed by atoms with E-state index < -0.39 is 0 Å². The number of hydrazone groups is 1. The predicted octanol–water partition coefficient (Wildman–Crippen LogP) is 7.12. The Kier molecular flexibility index (Phi) is 6.42. The summed E-state index contributed by atoms with van der Waals surface area (Å²) >= 11 is 0. The number of hydrogen-bond acceptors (Lipinski definition) is 3. The second-order valence-electron chi connectivity index (χ2n) is 11.0. The molecular weight excluding hydrogens is 432 g/mol. The number of para-hydroxylation sites is 1. The number of nitrogens with zero attached hydrogens (tertiary/aromatic N) is 2. The summed E-state index contributed by atoms with van der Waals surface area (Å²) in [4.78, 5) is 13.8. The summed E-state index contributed by atoms with van der Waals surface area (Å²) in [5, 5.41) is 6.26. The van der Waals surface area contributed by atoms with Gasteiger partial charge in [-0.25, -0.2) is 0 Å². The summed E-state index contributed by atoms with van der Waals surface area (Å²) < 4.78 is 5.96. The molecule has 0 spiro atoms. The first-order valence-corrected chi connectivity index (χ1v) is 12.0. The van der Waals surface area contributed by atoms with E-state index in [1.807, 2.05) is 66.7 Å². The number of amides is 1. The van der Waals surface area contributed by atoms with Crippen molar-refractivity contribution >= 4 is 23.4 Å². The normalized spacial score (nSPS) is 15.5. The third kappa shape index (κ3) is 4.93. The van der Waals surface area contributed by atoms with Gasteiger partial charge in [-0.15, -0.1) is 0 Å². The third-order valence-electron chi connectivity index (χ3n) is 6.22. The first-order chi connectivity index (χ1) is 16.5. The number of ether oxygens (including phenoxy) is 1. The quantitative estimate of drug-likeness (QED) is 0.384. The lowest BCUT2D eigenvalue weighted by molar-refractivity contribution is -0.114. The maximum absolute atomic E-state index is 13.8. The Hall–Kier alpha value is -3.66. The number of carbonyl (C=O) groups excluding carboxylic acids is 1. The van der Waals surface area contributed by atoms with Crippen LogP contribution in [0.15, 0.2) is 83.5 Å². The zero-order valence-corrected chi connectivity index (χ0v) is 21.7. The fourth-order valence-electron chi connectivity index (χ4n) is 4.23. The molecule has 0 saturated heterocycles. The number of methoxy groups -OCH3 is 1. The van der Waals surface area contributed by atoms with Gasteiger partial charge in [-0.3, -0.25) is 4.79 Å². The van der Waals surface area contributed by atoms with Crippen molar-refractivity contribution in [2.75, 3.05) is 12.1 Å². The van der Waals surface area contributed by atoms with Crippen LogP contribution in [0.3, 0.4) is 0 Å². The smallest absolute Gasteiger partial charge is 0.281 e. The molecule has 0 unspecified atom stereocenters. The highest BCUT2D eigenvalue weighted by Crippen LogP contribution is 2.40. The SMILES string of the molecule is COc1c(C=C2C(=O)N(c3ccccc3)N=C2c2ccccc2)cc(C(C)(C)C)cc1C(C)(C)C. The van der Waals surface area contributed by atoms with Crippen molar-refractivity contribution in [2.45, 2.75) is 52.4 Å². The molecular formula is C31H34N2O2. The molecule has 0 atom stereocenters. The largest absolute Gasteiger partial charge is 0.496 e. The van der Waals surface area contributed by atoms with Crippen LogP contribution in [0.2, 0.25) is 0 Å². The first kappa shape index (κ1) is 24.5. The van der Waals surface area contributed by atoms with E-state index in [0.717, 1.165) is 28.1 Å². The summed E-state index contributed by atoms with van der Waals surface area (Å²) in [6, 6.07) is 23.8.